The van der Waals surface area contributed by atoms with E-state index < -0.39 is 10.7 Å². The lowest BCUT2D eigenvalue weighted by molar-refractivity contribution is -0.146. The van der Waals surface area contributed by atoms with Gasteiger partial charge in [-0.3, -0.25) is 4.79 Å². The highest BCUT2D eigenvalue weighted by atomic mass is 32.2. The molecule has 1 aliphatic carbocycles. The molecule has 1 aromatic carbocycles. The lowest BCUT2D eigenvalue weighted by Crippen LogP contribution is -2.31. The molecule has 1 heterocycles. The quantitative estimate of drug-likeness (QED) is 0.667. The lowest BCUT2D eigenvalue weighted by Gasteiger charge is -2.33. The molecule has 0 N–H and O–H groups in total. The first-order valence-corrected chi connectivity index (χ1v) is 10.5. The third-order valence-electron chi connectivity index (χ3n) is 5.21. The van der Waals surface area contributed by atoms with Crippen molar-refractivity contribution in [3.05, 3.63) is 40.6 Å². The highest BCUT2D eigenvalue weighted by Crippen LogP contribution is 2.55. The Morgan fingerprint density at radius 3 is 2.56 bits per heavy atom. The number of rotatable bonds is 5. The molecule has 1 aliphatic heterocycles. The summed E-state index contributed by atoms with van der Waals surface area (Å²) in [4.78, 5) is 25.5. The molecule has 27 heavy (non-hydrogen) atoms. The Hall–Kier alpha value is -1.59. The number of hydrogen-bond acceptors (Lipinski definition) is 5. The Labute approximate surface area is 165 Å². The number of benzene rings is 1. The van der Waals surface area contributed by atoms with E-state index in [-0.39, 0.29) is 17.8 Å². The van der Waals surface area contributed by atoms with Gasteiger partial charge in [-0.1, -0.05) is 54.8 Å². The largest absolute Gasteiger partial charge is 0.427 e. The number of esters is 1. The van der Waals surface area contributed by atoms with E-state index in [1.165, 1.54) is 11.8 Å². The van der Waals surface area contributed by atoms with Crippen LogP contribution in [-0.2, 0) is 19.1 Å². The number of carbonyl (C=O) groups excluding carboxylic acids is 2. The SMILES string of the molecule is Cc1ccc(C)c(C2=C(OC(=O)COC(C)C)C3(CCCCC3)SC2=O)c1. The normalized spacial score (nSPS) is 19.2. The van der Waals surface area contributed by atoms with Crippen LogP contribution in [0.1, 0.15) is 62.6 Å². The average molecular weight is 389 g/mol. The van der Waals surface area contributed by atoms with Gasteiger partial charge in [0.2, 0.25) is 5.12 Å². The summed E-state index contributed by atoms with van der Waals surface area (Å²) in [5, 5.41) is 0.0122. The van der Waals surface area contributed by atoms with E-state index in [1.807, 2.05) is 45.9 Å². The molecule has 1 aromatic rings. The fraction of sp³-hybridized carbons (Fsp3) is 0.545. The van der Waals surface area contributed by atoms with Gasteiger partial charge in [0.15, 0.2) is 0 Å². The number of ether oxygens (including phenoxy) is 2. The van der Waals surface area contributed by atoms with Crippen molar-refractivity contribution in [3.8, 4) is 0 Å². The van der Waals surface area contributed by atoms with Gasteiger partial charge in [0.1, 0.15) is 12.4 Å². The van der Waals surface area contributed by atoms with Crippen LogP contribution in [0.5, 0.6) is 0 Å². The predicted molar refractivity (Wildman–Crippen MR) is 108 cm³/mol. The van der Waals surface area contributed by atoms with Crippen molar-refractivity contribution in [2.75, 3.05) is 6.61 Å². The van der Waals surface area contributed by atoms with Crippen molar-refractivity contribution in [1.82, 2.24) is 0 Å². The second kappa shape index (κ2) is 8.19. The van der Waals surface area contributed by atoms with E-state index in [2.05, 4.69) is 0 Å². The van der Waals surface area contributed by atoms with E-state index in [9.17, 15) is 9.59 Å². The maximum atomic E-state index is 13.1. The first kappa shape index (κ1) is 20.2. The van der Waals surface area contributed by atoms with E-state index in [4.69, 9.17) is 9.47 Å². The Kier molecular flexibility index (Phi) is 6.11. The van der Waals surface area contributed by atoms with Crippen LogP contribution in [0, 0.1) is 13.8 Å². The van der Waals surface area contributed by atoms with Crippen LogP contribution in [0.15, 0.2) is 24.0 Å². The Balaban J connectivity index is 2.04. The molecule has 0 unspecified atom stereocenters. The fourth-order valence-electron chi connectivity index (χ4n) is 3.81. The molecule has 1 saturated carbocycles. The van der Waals surface area contributed by atoms with Crippen LogP contribution < -0.4 is 0 Å². The summed E-state index contributed by atoms with van der Waals surface area (Å²) in [5.41, 5.74) is 3.55. The summed E-state index contributed by atoms with van der Waals surface area (Å²) in [6, 6.07) is 6.07. The van der Waals surface area contributed by atoms with Crippen molar-refractivity contribution >= 4 is 28.4 Å². The van der Waals surface area contributed by atoms with Crippen LogP contribution >= 0.6 is 11.8 Å². The summed E-state index contributed by atoms with van der Waals surface area (Å²) in [7, 11) is 0. The van der Waals surface area contributed by atoms with Gasteiger partial charge in [0.05, 0.1) is 16.4 Å². The van der Waals surface area contributed by atoms with Crippen molar-refractivity contribution in [2.24, 2.45) is 0 Å². The molecule has 0 amide bonds. The number of thioether (sulfide) groups is 1. The van der Waals surface area contributed by atoms with Gasteiger partial charge in [0, 0.05) is 0 Å². The molecule has 0 radical (unpaired) electrons. The van der Waals surface area contributed by atoms with Crippen LogP contribution in [0.2, 0.25) is 0 Å². The highest BCUT2D eigenvalue weighted by molar-refractivity contribution is 8.16. The summed E-state index contributed by atoms with van der Waals surface area (Å²) < 4.78 is 10.9. The van der Waals surface area contributed by atoms with Crippen molar-refractivity contribution in [2.45, 2.75) is 70.7 Å². The van der Waals surface area contributed by atoms with E-state index in [1.54, 1.807) is 0 Å². The number of hydrogen-bond donors (Lipinski definition) is 0. The van der Waals surface area contributed by atoms with Gasteiger partial charge in [-0.25, -0.2) is 4.79 Å². The molecule has 1 fully saturated rings. The van der Waals surface area contributed by atoms with E-state index in [0.717, 1.165) is 48.8 Å². The van der Waals surface area contributed by atoms with Crippen LogP contribution in [0.3, 0.4) is 0 Å². The minimum absolute atomic E-state index is 0.0122. The molecular formula is C22H28O4S. The summed E-state index contributed by atoms with van der Waals surface area (Å²) >= 11 is 1.35. The third kappa shape index (κ3) is 4.30. The molecule has 0 aromatic heterocycles. The molecule has 146 valence electrons. The highest BCUT2D eigenvalue weighted by Gasteiger charge is 2.50. The minimum Gasteiger partial charge on any atom is -0.427 e. The molecule has 4 nitrogen and oxygen atoms in total. The van der Waals surface area contributed by atoms with Gasteiger partial charge >= 0.3 is 5.97 Å². The molecule has 1 spiro atoms. The van der Waals surface area contributed by atoms with Crippen molar-refractivity contribution in [3.63, 3.8) is 0 Å². The maximum Gasteiger partial charge on any atom is 0.337 e. The Morgan fingerprint density at radius 2 is 1.89 bits per heavy atom. The fourth-order valence-corrected chi connectivity index (χ4v) is 5.20. The smallest absolute Gasteiger partial charge is 0.337 e. The monoisotopic (exact) mass is 388 g/mol. The molecule has 3 rings (SSSR count). The standard InChI is InChI=1S/C22H28O4S/c1-14(2)25-13-18(23)26-20-19(17-12-15(3)8-9-16(17)4)21(24)27-22(20)10-6-5-7-11-22/h8-9,12,14H,5-7,10-11,13H2,1-4H3. The zero-order valence-electron chi connectivity index (χ0n) is 16.6. The van der Waals surface area contributed by atoms with E-state index in [0.29, 0.717) is 11.3 Å². The van der Waals surface area contributed by atoms with Gasteiger partial charge in [-0.15, -0.1) is 0 Å². The Bertz CT molecular complexity index is 773. The molecule has 0 atom stereocenters. The van der Waals surface area contributed by atoms with E-state index >= 15 is 0 Å². The Morgan fingerprint density at radius 1 is 1.19 bits per heavy atom. The first-order valence-electron chi connectivity index (χ1n) is 9.70. The molecule has 0 bridgehead atoms. The maximum absolute atomic E-state index is 13.1. The zero-order chi connectivity index (χ0) is 19.6. The minimum atomic E-state index is -0.429. The van der Waals surface area contributed by atoms with Crippen LogP contribution in [-0.4, -0.2) is 28.5 Å². The third-order valence-corrected chi connectivity index (χ3v) is 6.58. The van der Waals surface area contributed by atoms with Crippen molar-refractivity contribution < 1.29 is 19.1 Å². The summed E-state index contributed by atoms with van der Waals surface area (Å²) in [6.45, 7) is 7.66. The molecular weight excluding hydrogens is 360 g/mol. The first-order chi connectivity index (χ1) is 12.8. The number of aryl methyl sites for hydroxylation is 2. The predicted octanol–water partition coefficient (Wildman–Crippen LogP) is 4.96. The lowest BCUT2D eigenvalue weighted by atomic mass is 9.84. The molecule has 0 saturated heterocycles. The second-order valence-electron chi connectivity index (χ2n) is 7.80. The average Bonchev–Trinajstić information content (AvgIpc) is 2.87. The van der Waals surface area contributed by atoms with Gasteiger partial charge in [0.25, 0.3) is 0 Å². The van der Waals surface area contributed by atoms with Gasteiger partial charge in [-0.05, 0) is 51.7 Å². The topological polar surface area (TPSA) is 52.6 Å². The van der Waals surface area contributed by atoms with Crippen molar-refractivity contribution in [1.29, 1.82) is 0 Å². The summed E-state index contributed by atoms with van der Waals surface area (Å²) in [5.74, 6) is 0.130. The number of carbonyl (C=O) groups is 2. The van der Waals surface area contributed by atoms with Gasteiger partial charge in [-0.2, -0.15) is 0 Å². The van der Waals surface area contributed by atoms with Crippen LogP contribution in [0.4, 0.5) is 0 Å². The zero-order valence-corrected chi connectivity index (χ0v) is 17.4. The second-order valence-corrected chi connectivity index (χ2v) is 9.16. The summed E-state index contributed by atoms with van der Waals surface area (Å²) in [6.07, 6.45) is 4.94. The van der Waals surface area contributed by atoms with Gasteiger partial charge < -0.3 is 9.47 Å². The van der Waals surface area contributed by atoms with Crippen LogP contribution in [0.25, 0.3) is 5.57 Å². The molecule has 2 aliphatic rings. The molecule has 5 heteroatoms.